The van der Waals surface area contributed by atoms with Gasteiger partial charge < -0.3 is 15.4 Å². The normalized spacial score (nSPS) is 10.2. The maximum absolute atomic E-state index is 12.2. The van der Waals surface area contributed by atoms with E-state index in [-0.39, 0.29) is 11.8 Å². The molecule has 0 unspecified atom stereocenters. The highest BCUT2D eigenvalue weighted by atomic mass is 79.9. The monoisotopic (exact) mass is 376 g/mol. The molecule has 0 aromatic heterocycles. The van der Waals surface area contributed by atoms with Gasteiger partial charge in [0.15, 0.2) is 0 Å². The van der Waals surface area contributed by atoms with E-state index in [1.807, 2.05) is 18.2 Å². The van der Waals surface area contributed by atoms with Gasteiger partial charge in [0.1, 0.15) is 0 Å². The summed E-state index contributed by atoms with van der Waals surface area (Å²) in [6, 6.07) is 13.9. The minimum Gasteiger partial charge on any atom is -0.383 e. The van der Waals surface area contributed by atoms with Gasteiger partial charge in [0, 0.05) is 29.3 Å². The van der Waals surface area contributed by atoms with E-state index in [4.69, 9.17) is 4.74 Å². The number of hydrogen-bond donors (Lipinski definition) is 2. The van der Waals surface area contributed by atoms with E-state index in [1.165, 1.54) is 0 Å². The summed E-state index contributed by atoms with van der Waals surface area (Å²) in [6.07, 6.45) is 0. The van der Waals surface area contributed by atoms with Gasteiger partial charge in [-0.1, -0.05) is 12.1 Å². The molecule has 120 valence electrons. The van der Waals surface area contributed by atoms with Crippen LogP contribution in [0, 0.1) is 0 Å². The van der Waals surface area contributed by atoms with E-state index in [9.17, 15) is 9.59 Å². The molecule has 2 rings (SSSR count). The van der Waals surface area contributed by atoms with Gasteiger partial charge in [-0.05, 0) is 52.3 Å². The third-order valence-electron chi connectivity index (χ3n) is 3.12. The summed E-state index contributed by atoms with van der Waals surface area (Å²) in [5, 5.41) is 5.54. The number of ether oxygens (including phenoxy) is 1. The maximum Gasteiger partial charge on any atom is 0.255 e. The molecule has 0 saturated carbocycles. The summed E-state index contributed by atoms with van der Waals surface area (Å²) in [7, 11) is 1.57. The first-order valence-electron chi connectivity index (χ1n) is 7.05. The lowest BCUT2D eigenvalue weighted by Gasteiger charge is -2.08. The van der Waals surface area contributed by atoms with Gasteiger partial charge in [0.05, 0.1) is 12.3 Å². The number of methoxy groups -OCH3 is 1. The number of benzene rings is 2. The van der Waals surface area contributed by atoms with Gasteiger partial charge >= 0.3 is 0 Å². The van der Waals surface area contributed by atoms with E-state index < -0.39 is 0 Å². The molecule has 0 aliphatic carbocycles. The Bertz CT molecular complexity index is 686. The van der Waals surface area contributed by atoms with E-state index in [0.29, 0.717) is 30.0 Å². The molecule has 0 aliphatic rings. The number of anilines is 1. The van der Waals surface area contributed by atoms with Crippen molar-refractivity contribution in [3.05, 3.63) is 64.1 Å². The van der Waals surface area contributed by atoms with E-state index in [0.717, 1.165) is 4.47 Å². The van der Waals surface area contributed by atoms with Gasteiger partial charge in [0.25, 0.3) is 11.8 Å². The molecular weight excluding hydrogens is 360 g/mol. The smallest absolute Gasteiger partial charge is 0.255 e. The van der Waals surface area contributed by atoms with Crippen LogP contribution >= 0.6 is 15.9 Å². The van der Waals surface area contributed by atoms with Crippen LogP contribution in [-0.4, -0.2) is 32.1 Å². The van der Waals surface area contributed by atoms with Crippen molar-refractivity contribution in [3.8, 4) is 0 Å². The molecule has 0 spiro atoms. The highest BCUT2D eigenvalue weighted by Gasteiger charge is 2.10. The van der Waals surface area contributed by atoms with Crippen molar-refractivity contribution < 1.29 is 14.3 Å². The maximum atomic E-state index is 12.2. The van der Waals surface area contributed by atoms with Crippen LogP contribution in [0.1, 0.15) is 20.7 Å². The molecule has 0 aliphatic heterocycles. The van der Waals surface area contributed by atoms with E-state index >= 15 is 0 Å². The lowest BCUT2D eigenvalue weighted by molar-refractivity contribution is 0.0935. The lowest BCUT2D eigenvalue weighted by atomic mass is 10.1. The quantitative estimate of drug-likeness (QED) is 0.761. The Morgan fingerprint density at radius 2 is 1.61 bits per heavy atom. The SMILES string of the molecule is COCCNC(=O)c1ccc(C(=O)Nc2ccccc2Br)cc1. The zero-order chi connectivity index (χ0) is 16.7. The molecule has 2 amide bonds. The fourth-order valence-electron chi connectivity index (χ4n) is 1.90. The van der Waals surface area contributed by atoms with Crippen LogP contribution in [0.25, 0.3) is 0 Å². The number of carbonyl (C=O) groups excluding carboxylic acids is 2. The lowest BCUT2D eigenvalue weighted by Crippen LogP contribution is -2.26. The molecule has 0 heterocycles. The van der Waals surface area contributed by atoms with Crippen molar-refractivity contribution in [2.75, 3.05) is 25.6 Å². The van der Waals surface area contributed by atoms with Crippen molar-refractivity contribution in [2.24, 2.45) is 0 Å². The first kappa shape index (κ1) is 17.2. The molecule has 2 aromatic rings. The molecule has 2 N–H and O–H groups in total. The molecule has 0 bridgehead atoms. The Morgan fingerprint density at radius 3 is 2.22 bits per heavy atom. The fourth-order valence-corrected chi connectivity index (χ4v) is 2.28. The number of rotatable bonds is 6. The Labute approximate surface area is 143 Å². The first-order chi connectivity index (χ1) is 11.1. The Kier molecular flexibility index (Phi) is 6.31. The van der Waals surface area contributed by atoms with Gasteiger partial charge in [-0.15, -0.1) is 0 Å². The molecule has 5 nitrogen and oxygen atoms in total. The predicted molar refractivity (Wildman–Crippen MR) is 92.7 cm³/mol. The Balaban J connectivity index is 2.00. The highest BCUT2D eigenvalue weighted by molar-refractivity contribution is 9.10. The van der Waals surface area contributed by atoms with E-state index in [2.05, 4.69) is 26.6 Å². The van der Waals surface area contributed by atoms with Crippen LogP contribution in [0.4, 0.5) is 5.69 Å². The minimum absolute atomic E-state index is 0.195. The second kappa shape index (κ2) is 8.45. The van der Waals surface area contributed by atoms with Crippen LogP contribution in [0.15, 0.2) is 53.0 Å². The summed E-state index contributed by atoms with van der Waals surface area (Å²) < 4.78 is 5.68. The largest absolute Gasteiger partial charge is 0.383 e. The van der Waals surface area contributed by atoms with Crippen LogP contribution in [0.5, 0.6) is 0 Å². The van der Waals surface area contributed by atoms with Crippen molar-refractivity contribution in [3.63, 3.8) is 0 Å². The third kappa shape index (κ3) is 4.91. The van der Waals surface area contributed by atoms with Crippen LogP contribution in [-0.2, 0) is 4.74 Å². The molecule has 0 saturated heterocycles. The Morgan fingerprint density at radius 1 is 1.00 bits per heavy atom. The Hall–Kier alpha value is -2.18. The molecule has 0 fully saturated rings. The number of halogens is 1. The van der Waals surface area contributed by atoms with E-state index in [1.54, 1.807) is 37.4 Å². The van der Waals surface area contributed by atoms with Gasteiger partial charge in [-0.3, -0.25) is 9.59 Å². The number of hydrogen-bond acceptors (Lipinski definition) is 3. The van der Waals surface area contributed by atoms with Crippen LogP contribution < -0.4 is 10.6 Å². The summed E-state index contributed by atoms with van der Waals surface area (Å²) in [5.41, 5.74) is 1.67. The average Bonchev–Trinajstić information content (AvgIpc) is 2.57. The minimum atomic E-state index is -0.233. The van der Waals surface area contributed by atoms with Gasteiger partial charge in [-0.2, -0.15) is 0 Å². The first-order valence-corrected chi connectivity index (χ1v) is 7.84. The molecule has 23 heavy (non-hydrogen) atoms. The number of para-hydroxylation sites is 1. The average molecular weight is 377 g/mol. The summed E-state index contributed by atoms with van der Waals surface area (Å²) in [5.74, 6) is -0.428. The molecule has 2 aromatic carbocycles. The summed E-state index contributed by atoms with van der Waals surface area (Å²) in [4.78, 5) is 24.1. The van der Waals surface area contributed by atoms with Crippen LogP contribution in [0.2, 0.25) is 0 Å². The molecule has 0 atom stereocenters. The third-order valence-corrected chi connectivity index (χ3v) is 3.81. The fraction of sp³-hybridized carbons (Fsp3) is 0.176. The zero-order valence-electron chi connectivity index (χ0n) is 12.6. The number of amides is 2. The molecule has 0 radical (unpaired) electrons. The summed E-state index contributed by atoms with van der Waals surface area (Å²) in [6.45, 7) is 0.901. The topological polar surface area (TPSA) is 67.4 Å². The second-order valence-corrected chi connectivity index (χ2v) is 5.61. The molecule has 6 heteroatoms. The standard InChI is InChI=1S/C17H17BrN2O3/c1-23-11-10-19-16(21)12-6-8-13(9-7-12)17(22)20-15-5-3-2-4-14(15)18/h2-9H,10-11H2,1H3,(H,19,21)(H,20,22). The summed E-state index contributed by atoms with van der Waals surface area (Å²) >= 11 is 3.38. The van der Waals surface area contributed by atoms with Crippen molar-refractivity contribution >= 4 is 33.4 Å². The van der Waals surface area contributed by atoms with Crippen LogP contribution in [0.3, 0.4) is 0 Å². The number of nitrogens with one attached hydrogen (secondary N) is 2. The number of carbonyl (C=O) groups is 2. The predicted octanol–water partition coefficient (Wildman–Crippen LogP) is 3.08. The van der Waals surface area contributed by atoms with Crippen molar-refractivity contribution in [1.82, 2.24) is 5.32 Å². The second-order valence-electron chi connectivity index (χ2n) is 4.76. The van der Waals surface area contributed by atoms with Crippen molar-refractivity contribution in [2.45, 2.75) is 0 Å². The van der Waals surface area contributed by atoms with Crippen molar-refractivity contribution in [1.29, 1.82) is 0 Å². The molecular formula is C17H17BrN2O3. The van der Waals surface area contributed by atoms with Gasteiger partial charge in [0.2, 0.25) is 0 Å². The zero-order valence-corrected chi connectivity index (χ0v) is 14.2. The highest BCUT2D eigenvalue weighted by Crippen LogP contribution is 2.21. The van der Waals surface area contributed by atoms with Gasteiger partial charge in [-0.25, -0.2) is 0 Å².